The van der Waals surface area contributed by atoms with Gasteiger partial charge in [0.15, 0.2) is 5.78 Å². The molecule has 2 fully saturated rings. The number of piperidine rings is 2. The first kappa shape index (κ1) is 38.6. The molecule has 3 heterocycles. The maximum atomic E-state index is 12.0. The van der Waals surface area contributed by atoms with Crippen molar-refractivity contribution in [1.82, 2.24) is 14.8 Å². The van der Waals surface area contributed by atoms with Gasteiger partial charge in [0, 0.05) is 43.4 Å². The molecule has 9 nitrogen and oxygen atoms in total. The molecular formula is C28H45Cl3N4O5S2. The first-order chi connectivity index (χ1) is 19.5. The summed E-state index contributed by atoms with van der Waals surface area (Å²) in [6, 6.07) is 0. The van der Waals surface area contributed by atoms with Crippen LogP contribution in [-0.4, -0.2) is 86.9 Å². The van der Waals surface area contributed by atoms with Crippen LogP contribution in [0.25, 0.3) is 0 Å². The van der Waals surface area contributed by atoms with E-state index >= 15 is 0 Å². The first-order valence-corrected chi connectivity index (χ1v) is 16.8. The fourth-order valence-electron chi connectivity index (χ4n) is 3.92. The third-order valence-electron chi connectivity index (χ3n) is 6.05. The number of ketones is 1. The van der Waals surface area contributed by atoms with E-state index in [0.29, 0.717) is 29.9 Å². The number of thiazole rings is 1. The quantitative estimate of drug-likeness (QED) is 0.261. The van der Waals surface area contributed by atoms with Gasteiger partial charge in [0.05, 0.1) is 33.3 Å². The zero-order valence-corrected chi connectivity index (χ0v) is 29.3. The highest BCUT2D eigenvalue weighted by molar-refractivity contribution is 7.80. The number of amides is 2. The van der Waals surface area contributed by atoms with Gasteiger partial charge < -0.3 is 25.0 Å². The van der Waals surface area contributed by atoms with Gasteiger partial charge in [-0.2, -0.15) is 0 Å². The van der Waals surface area contributed by atoms with Crippen LogP contribution in [0.1, 0.15) is 83.8 Å². The molecule has 2 aliphatic rings. The molecule has 0 aromatic carbocycles. The number of aromatic nitrogens is 1. The average molecular weight is 688 g/mol. The number of alkyl halides is 3. The van der Waals surface area contributed by atoms with Crippen molar-refractivity contribution < 1.29 is 23.9 Å². The number of carbonyl (C=O) groups excluding carboxylic acids is 3. The van der Waals surface area contributed by atoms with Gasteiger partial charge in [-0.25, -0.2) is 14.6 Å². The second-order valence-corrected chi connectivity index (χ2v) is 14.2. The van der Waals surface area contributed by atoms with Crippen LogP contribution in [0.2, 0.25) is 0 Å². The molecule has 0 bridgehead atoms. The molecular weight excluding hydrogens is 643 g/mol. The smallest absolute Gasteiger partial charge is 0.410 e. The summed E-state index contributed by atoms with van der Waals surface area (Å²) >= 11 is 22.4. The number of thiocarbonyl (C=S) groups is 1. The van der Waals surface area contributed by atoms with Gasteiger partial charge >= 0.3 is 12.2 Å². The van der Waals surface area contributed by atoms with Crippen molar-refractivity contribution in [2.24, 2.45) is 11.7 Å². The lowest BCUT2D eigenvalue weighted by Crippen LogP contribution is -2.43. The van der Waals surface area contributed by atoms with Gasteiger partial charge in [-0.3, -0.25) is 4.79 Å². The van der Waals surface area contributed by atoms with E-state index in [4.69, 9.17) is 62.2 Å². The lowest BCUT2D eigenvalue weighted by Gasteiger charge is -2.33. The molecule has 0 unspecified atom stereocenters. The molecule has 0 saturated carbocycles. The number of Topliss-reactive ketones (excluding diaryl/α,β-unsaturated/α-hetero) is 1. The Bertz CT molecular complexity index is 1010. The van der Waals surface area contributed by atoms with Crippen molar-refractivity contribution >= 4 is 81.3 Å². The third kappa shape index (κ3) is 15.4. The number of nitrogens with zero attached hydrogens (tertiary/aromatic N) is 3. The van der Waals surface area contributed by atoms with E-state index in [1.807, 2.05) is 46.9 Å². The molecule has 240 valence electrons. The fourth-order valence-corrected chi connectivity index (χ4v) is 5.66. The van der Waals surface area contributed by atoms with Crippen LogP contribution in [0, 0.1) is 5.92 Å². The molecule has 0 radical (unpaired) electrons. The lowest BCUT2D eigenvalue weighted by atomic mass is 9.97. The maximum absolute atomic E-state index is 12.0. The highest BCUT2D eigenvalue weighted by Crippen LogP contribution is 2.31. The molecule has 2 aliphatic heterocycles. The molecule has 0 aliphatic carbocycles. The molecule has 1 aromatic heterocycles. The molecule has 0 spiro atoms. The van der Waals surface area contributed by atoms with E-state index in [-0.39, 0.29) is 35.6 Å². The summed E-state index contributed by atoms with van der Waals surface area (Å²) in [4.78, 5) is 42.2. The van der Waals surface area contributed by atoms with E-state index in [0.717, 1.165) is 49.5 Å². The monoisotopic (exact) mass is 686 g/mol. The second-order valence-electron chi connectivity index (χ2n) is 12.0. The second kappa shape index (κ2) is 18.4. The summed E-state index contributed by atoms with van der Waals surface area (Å²) in [5.41, 5.74) is 5.67. The Kier molecular flexibility index (Phi) is 16.9. The minimum absolute atomic E-state index is 0.0312. The Balaban J connectivity index is 0.000000359. The number of hydrogen-bond donors (Lipinski definition) is 1. The van der Waals surface area contributed by atoms with Crippen molar-refractivity contribution in [3.05, 3.63) is 16.1 Å². The minimum atomic E-state index is -0.433. The van der Waals surface area contributed by atoms with E-state index in [1.165, 1.54) is 0 Å². The summed E-state index contributed by atoms with van der Waals surface area (Å²) < 4.78 is 10.7. The summed E-state index contributed by atoms with van der Waals surface area (Å²) in [5, 5.41) is 3.16. The van der Waals surface area contributed by atoms with Crippen molar-refractivity contribution in [2.75, 3.05) is 37.9 Å². The van der Waals surface area contributed by atoms with Crippen LogP contribution >= 0.6 is 58.4 Å². The summed E-state index contributed by atoms with van der Waals surface area (Å²) in [6.45, 7) is 14.1. The number of nitrogens with two attached hydrogens (primary N) is 1. The van der Waals surface area contributed by atoms with E-state index < -0.39 is 11.2 Å². The van der Waals surface area contributed by atoms with Crippen molar-refractivity contribution in [3.8, 4) is 0 Å². The number of hydrogen-bond acceptors (Lipinski definition) is 8. The highest BCUT2D eigenvalue weighted by Gasteiger charge is 2.29. The standard InChI is InChI=1S/C14H21ClN2O2S.C11H20N2O2S.C3H4Cl2O/c1-14(2,3)19-13(18)17-6-4-10(5-7-17)12-16-11(8-15)9-20-12;1-11(2,3)15-10(14)13-6-4-8(5-7-13)9(12)16;4-1-3(6)2-5/h9-10H,4-8H2,1-3H3;8H,4-7H2,1-3H3,(H2,12,16);1-2H2. The average Bonchev–Trinajstić information content (AvgIpc) is 3.41. The lowest BCUT2D eigenvalue weighted by molar-refractivity contribution is -0.114. The summed E-state index contributed by atoms with van der Waals surface area (Å²) in [7, 11) is 0. The van der Waals surface area contributed by atoms with Gasteiger partial charge in [0.25, 0.3) is 0 Å². The zero-order valence-electron chi connectivity index (χ0n) is 25.4. The van der Waals surface area contributed by atoms with Crippen LogP contribution in [0.5, 0.6) is 0 Å². The predicted octanol–water partition coefficient (Wildman–Crippen LogP) is 6.95. The maximum Gasteiger partial charge on any atom is 0.410 e. The molecule has 2 N–H and O–H groups in total. The number of rotatable bonds is 5. The van der Waals surface area contributed by atoms with Crippen molar-refractivity contribution in [2.45, 2.75) is 90.2 Å². The van der Waals surface area contributed by atoms with Gasteiger partial charge in [-0.05, 0) is 67.2 Å². The third-order valence-corrected chi connectivity index (χ3v) is 8.31. The first-order valence-electron chi connectivity index (χ1n) is 13.9. The van der Waals surface area contributed by atoms with E-state index in [1.54, 1.807) is 21.1 Å². The zero-order chi connectivity index (χ0) is 32.1. The SMILES string of the molecule is CC(C)(C)OC(=O)N1CCC(C(N)=S)CC1.CC(C)(C)OC(=O)N1CCC(c2nc(CCl)cs2)CC1.O=C(CCl)CCl. The Morgan fingerprint density at radius 2 is 1.33 bits per heavy atom. The molecule has 42 heavy (non-hydrogen) atoms. The number of halogens is 3. The van der Waals surface area contributed by atoms with Crippen LogP contribution < -0.4 is 5.73 Å². The Morgan fingerprint density at radius 1 is 0.905 bits per heavy atom. The van der Waals surface area contributed by atoms with E-state index in [9.17, 15) is 14.4 Å². The summed E-state index contributed by atoms with van der Waals surface area (Å²) in [5.74, 6) is 1.11. The van der Waals surface area contributed by atoms with Gasteiger partial charge in [-0.15, -0.1) is 46.1 Å². The van der Waals surface area contributed by atoms with Crippen LogP contribution in [0.3, 0.4) is 0 Å². The molecule has 2 amide bonds. The Labute approximate surface area is 274 Å². The van der Waals surface area contributed by atoms with E-state index in [2.05, 4.69) is 4.98 Å². The fraction of sp³-hybridized carbons (Fsp3) is 0.750. The topological polar surface area (TPSA) is 115 Å². The molecule has 3 rings (SSSR count). The largest absolute Gasteiger partial charge is 0.444 e. The van der Waals surface area contributed by atoms with Crippen LogP contribution in [0.15, 0.2) is 5.38 Å². The Morgan fingerprint density at radius 3 is 1.64 bits per heavy atom. The number of carbonyl (C=O) groups is 3. The number of ether oxygens (including phenoxy) is 2. The van der Waals surface area contributed by atoms with Crippen LogP contribution in [0.4, 0.5) is 9.59 Å². The molecule has 0 atom stereocenters. The van der Waals surface area contributed by atoms with Crippen LogP contribution in [-0.2, 0) is 20.1 Å². The van der Waals surface area contributed by atoms with Crippen molar-refractivity contribution in [1.29, 1.82) is 0 Å². The summed E-state index contributed by atoms with van der Waals surface area (Å²) in [6.07, 6.45) is 3.11. The minimum Gasteiger partial charge on any atom is -0.444 e. The predicted molar refractivity (Wildman–Crippen MR) is 175 cm³/mol. The number of likely N-dealkylation sites (tertiary alicyclic amines) is 2. The normalized spacial score (nSPS) is 16.4. The highest BCUT2D eigenvalue weighted by atomic mass is 35.5. The molecule has 2 saturated heterocycles. The molecule has 1 aromatic rings. The van der Waals surface area contributed by atoms with Crippen molar-refractivity contribution in [3.63, 3.8) is 0 Å². The van der Waals surface area contributed by atoms with Gasteiger partial charge in [0.1, 0.15) is 11.2 Å². The van der Waals surface area contributed by atoms with Gasteiger partial charge in [0.2, 0.25) is 0 Å². The van der Waals surface area contributed by atoms with Gasteiger partial charge in [-0.1, -0.05) is 12.2 Å². The molecule has 14 heteroatoms. The Hall–Kier alpha value is -1.40.